The van der Waals surface area contributed by atoms with Gasteiger partial charge in [-0.15, -0.1) is 11.3 Å². The van der Waals surface area contributed by atoms with Crippen molar-refractivity contribution in [2.24, 2.45) is 0 Å². The first kappa shape index (κ1) is 14.3. The summed E-state index contributed by atoms with van der Waals surface area (Å²) in [5.74, 6) is 0. The van der Waals surface area contributed by atoms with Gasteiger partial charge in [0.25, 0.3) is 0 Å². The zero-order valence-corrected chi connectivity index (χ0v) is 12.4. The fourth-order valence-electron chi connectivity index (χ4n) is 2.17. The highest BCUT2D eigenvalue weighted by Gasteiger charge is 2.11. The smallest absolute Gasteiger partial charge is 0.0639 e. The molecule has 0 saturated heterocycles. The molecule has 0 aliphatic heterocycles. The second-order valence-corrected chi connectivity index (χ2v) is 6.03. The molecule has 0 spiro atoms. The average Bonchev–Trinajstić information content (AvgIpc) is 2.75. The number of benzene rings is 1. The maximum Gasteiger partial charge on any atom is 0.0639 e. The van der Waals surface area contributed by atoms with Gasteiger partial charge >= 0.3 is 0 Å². The molecular formula is C16H21NOS. The first-order chi connectivity index (χ1) is 9.15. The Morgan fingerprint density at radius 2 is 1.89 bits per heavy atom. The van der Waals surface area contributed by atoms with Crippen LogP contribution in [0.5, 0.6) is 0 Å². The Kier molecular flexibility index (Phi) is 5.14. The Labute approximate surface area is 119 Å². The van der Waals surface area contributed by atoms with E-state index in [4.69, 9.17) is 0 Å². The molecule has 19 heavy (non-hydrogen) atoms. The fourth-order valence-corrected chi connectivity index (χ4v) is 3.12. The highest BCUT2D eigenvalue weighted by molar-refractivity contribution is 7.10. The summed E-state index contributed by atoms with van der Waals surface area (Å²) < 4.78 is 0. The number of aliphatic hydroxyl groups is 1. The molecule has 0 bridgehead atoms. The molecule has 1 aromatic carbocycles. The molecule has 0 radical (unpaired) electrons. The Balaban J connectivity index is 2.06. The molecule has 0 unspecified atom stereocenters. The van der Waals surface area contributed by atoms with Gasteiger partial charge in [0.05, 0.1) is 6.10 Å². The van der Waals surface area contributed by atoms with Crippen LogP contribution in [0, 0.1) is 6.92 Å². The van der Waals surface area contributed by atoms with Crippen LogP contribution in [-0.4, -0.2) is 22.7 Å². The van der Waals surface area contributed by atoms with Crippen LogP contribution in [0.15, 0.2) is 41.8 Å². The van der Waals surface area contributed by atoms with Gasteiger partial charge in [-0.05, 0) is 36.4 Å². The largest absolute Gasteiger partial charge is 0.392 e. The standard InChI is InChI=1S/C16H21NOS/c1-13-8-9-19-16(13)12-17(10-14(2)18)11-15-6-4-3-5-7-15/h3-9,14,18H,10-12H2,1-2H3/t14-/m1/s1. The van der Waals surface area contributed by atoms with Crippen LogP contribution in [0.4, 0.5) is 0 Å². The van der Waals surface area contributed by atoms with Crippen LogP contribution < -0.4 is 0 Å². The first-order valence-electron chi connectivity index (χ1n) is 6.62. The summed E-state index contributed by atoms with van der Waals surface area (Å²) in [6.07, 6.45) is -0.302. The van der Waals surface area contributed by atoms with E-state index in [0.29, 0.717) is 6.54 Å². The van der Waals surface area contributed by atoms with Crippen molar-refractivity contribution in [1.82, 2.24) is 4.90 Å². The number of nitrogens with zero attached hydrogens (tertiary/aromatic N) is 1. The minimum absolute atomic E-state index is 0.302. The summed E-state index contributed by atoms with van der Waals surface area (Å²) in [4.78, 5) is 3.69. The molecular weight excluding hydrogens is 254 g/mol. The molecule has 1 heterocycles. The summed E-state index contributed by atoms with van der Waals surface area (Å²) in [6.45, 7) is 6.48. The van der Waals surface area contributed by atoms with Gasteiger partial charge < -0.3 is 5.11 Å². The minimum atomic E-state index is -0.302. The van der Waals surface area contributed by atoms with Gasteiger partial charge in [-0.2, -0.15) is 0 Å². The SMILES string of the molecule is Cc1ccsc1CN(Cc1ccccc1)C[C@@H](C)O. The van der Waals surface area contributed by atoms with E-state index in [2.05, 4.69) is 47.5 Å². The molecule has 1 aromatic heterocycles. The molecule has 0 fully saturated rings. The van der Waals surface area contributed by atoms with Gasteiger partial charge in [-0.1, -0.05) is 30.3 Å². The second kappa shape index (κ2) is 6.85. The lowest BCUT2D eigenvalue weighted by molar-refractivity contribution is 0.118. The number of aliphatic hydroxyl groups excluding tert-OH is 1. The molecule has 3 heteroatoms. The molecule has 0 aliphatic rings. The number of hydrogen-bond acceptors (Lipinski definition) is 3. The lowest BCUT2D eigenvalue weighted by atomic mass is 10.2. The predicted molar refractivity (Wildman–Crippen MR) is 81.3 cm³/mol. The third-order valence-corrected chi connectivity index (χ3v) is 4.11. The van der Waals surface area contributed by atoms with Crippen molar-refractivity contribution >= 4 is 11.3 Å². The van der Waals surface area contributed by atoms with Gasteiger partial charge in [0, 0.05) is 24.5 Å². The van der Waals surface area contributed by atoms with Crippen molar-refractivity contribution in [2.75, 3.05) is 6.54 Å². The molecule has 1 atom stereocenters. The number of rotatable bonds is 6. The van der Waals surface area contributed by atoms with Crippen LogP contribution in [0.3, 0.4) is 0 Å². The topological polar surface area (TPSA) is 23.5 Å². The third-order valence-electron chi connectivity index (χ3n) is 3.11. The van der Waals surface area contributed by atoms with Crippen LogP contribution in [-0.2, 0) is 13.1 Å². The van der Waals surface area contributed by atoms with E-state index in [1.54, 1.807) is 11.3 Å². The summed E-state index contributed by atoms with van der Waals surface area (Å²) in [6, 6.07) is 12.6. The second-order valence-electron chi connectivity index (χ2n) is 5.03. The molecule has 2 aromatic rings. The van der Waals surface area contributed by atoms with Crippen LogP contribution in [0.2, 0.25) is 0 Å². The lowest BCUT2D eigenvalue weighted by Crippen LogP contribution is -2.30. The molecule has 2 rings (SSSR count). The van der Waals surface area contributed by atoms with Crippen LogP contribution in [0.25, 0.3) is 0 Å². The Hall–Kier alpha value is -1.16. The summed E-state index contributed by atoms with van der Waals surface area (Å²) >= 11 is 1.79. The van der Waals surface area contributed by atoms with E-state index >= 15 is 0 Å². The zero-order chi connectivity index (χ0) is 13.7. The predicted octanol–water partition coefficient (Wildman–Crippen LogP) is 3.44. The molecule has 102 valence electrons. The maximum absolute atomic E-state index is 9.66. The van der Waals surface area contributed by atoms with Crippen LogP contribution in [0.1, 0.15) is 22.9 Å². The molecule has 0 saturated carbocycles. The normalized spacial score (nSPS) is 12.8. The zero-order valence-electron chi connectivity index (χ0n) is 11.5. The lowest BCUT2D eigenvalue weighted by Gasteiger charge is -2.23. The Morgan fingerprint density at radius 3 is 2.47 bits per heavy atom. The van der Waals surface area contributed by atoms with Crippen LogP contribution >= 0.6 is 11.3 Å². The third kappa shape index (κ3) is 4.46. The van der Waals surface area contributed by atoms with Gasteiger partial charge in [-0.25, -0.2) is 0 Å². The molecule has 0 aliphatic carbocycles. The minimum Gasteiger partial charge on any atom is -0.392 e. The van der Waals surface area contributed by atoms with E-state index in [9.17, 15) is 5.11 Å². The van der Waals surface area contributed by atoms with Crippen molar-refractivity contribution in [2.45, 2.75) is 33.0 Å². The number of hydrogen-bond donors (Lipinski definition) is 1. The van der Waals surface area contributed by atoms with Crippen molar-refractivity contribution in [3.63, 3.8) is 0 Å². The monoisotopic (exact) mass is 275 g/mol. The van der Waals surface area contributed by atoms with Crippen molar-refractivity contribution in [3.8, 4) is 0 Å². The average molecular weight is 275 g/mol. The fraction of sp³-hybridized carbons (Fsp3) is 0.375. The quantitative estimate of drug-likeness (QED) is 0.873. The van der Waals surface area contributed by atoms with Gasteiger partial charge in [-0.3, -0.25) is 4.90 Å². The van der Waals surface area contributed by atoms with Gasteiger partial charge in [0.15, 0.2) is 0 Å². The van der Waals surface area contributed by atoms with E-state index in [-0.39, 0.29) is 6.10 Å². The Morgan fingerprint density at radius 1 is 1.16 bits per heavy atom. The van der Waals surface area contributed by atoms with Crippen molar-refractivity contribution < 1.29 is 5.11 Å². The number of thiophene rings is 1. The maximum atomic E-state index is 9.66. The van der Waals surface area contributed by atoms with E-state index < -0.39 is 0 Å². The molecule has 2 nitrogen and oxygen atoms in total. The van der Waals surface area contributed by atoms with E-state index in [1.807, 2.05) is 13.0 Å². The van der Waals surface area contributed by atoms with Gasteiger partial charge in [0.2, 0.25) is 0 Å². The highest BCUT2D eigenvalue weighted by Crippen LogP contribution is 2.19. The Bertz CT molecular complexity index is 492. The summed E-state index contributed by atoms with van der Waals surface area (Å²) in [5.41, 5.74) is 2.63. The van der Waals surface area contributed by atoms with Crippen molar-refractivity contribution in [1.29, 1.82) is 0 Å². The first-order valence-corrected chi connectivity index (χ1v) is 7.50. The summed E-state index contributed by atoms with van der Waals surface area (Å²) in [5, 5.41) is 11.8. The molecule has 1 N–H and O–H groups in total. The number of aryl methyl sites for hydroxylation is 1. The van der Waals surface area contributed by atoms with Crippen molar-refractivity contribution in [3.05, 3.63) is 57.8 Å². The van der Waals surface area contributed by atoms with Gasteiger partial charge in [0.1, 0.15) is 0 Å². The summed E-state index contributed by atoms with van der Waals surface area (Å²) in [7, 11) is 0. The van der Waals surface area contributed by atoms with E-state index in [1.165, 1.54) is 16.0 Å². The highest BCUT2D eigenvalue weighted by atomic mass is 32.1. The van der Waals surface area contributed by atoms with E-state index in [0.717, 1.165) is 13.1 Å². The molecule has 0 amide bonds.